The third kappa shape index (κ3) is 4.60. The molecule has 2 N–H and O–H groups in total. The Bertz CT molecular complexity index is 609. The fraction of sp³-hybridized carbons (Fsp3) is 0.235. The summed E-state index contributed by atoms with van der Waals surface area (Å²) in [6, 6.07) is 15.2. The Morgan fingerprint density at radius 1 is 1.00 bits per heavy atom. The van der Waals surface area contributed by atoms with Gasteiger partial charge in [0, 0.05) is 20.1 Å². The Hall–Kier alpha value is -2.36. The van der Waals surface area contributed by atoms with Gasteiger partial charge >= 0.3 is 0 Å². The molecule has 0 saturated heterocycles. The number of hydrogen-bond acceptors (Lipinski definition) is 1. The van der Waals surface area contributed by atoms with E-state index in [1.165, 1.54) is 11.6 Å². The first kappa shape index (κ1) is 15.0. The molecule has 0 aliphatic carbocycles. The molecule has 0 saturated carbocycles. The van der Waals surface area contributed by atoms with Crippen molar-refractivity contribution in [2.75, 3.05) is 7.05 Å². The van der Waals surface area contributed by atoms with Crippen molar-refractivity contribution in [2.45, 2.75) is 20.0 Å². The monoisotopic (exact) mass is 285 g/mol. The zero-order chi connectivity index (χ0) is 15.1. The molecular formula is C17H20FN3. The Morgan fingerprint density at radius 2 is 1.67 bits per heavy atom. The number of aliphatic imine (C=N–C) groups is 1. The molecule has 21 heavy (non-hydrogen) atoms. The molecule has 2 aromatic carbocycles. The van der Waals surface area contributed by atoms with E-state index in [0.29, 0.717) is 18.7 Å². The molecule has 4 heteroatoms. The van der Waals surface area contributed by atoms with E-state index in [0.717, 1.165) is 11.5 Å². The maximum absolute atomic E-state index is 13.2. The summed E-state index contributed by atoms with van der Waals surface area (Å²) in [4.78, 5) is 4.18. The number of aryl methyl sites for hydroxylation is 1. The lowest BCUT2D eigenvalue weighted by atomic mass is 10.1. The Morgan fingerprint density at radius 3 is 2.29 bits per heavy atom. The van der Waals surface area contributed by atoms with Crippen LogP contribution in [0.2, 0.25) is 0 Å². The van der Waals surface area contributed by atoms with Crippen LogP contribution in [0.3, 0.4) is 0 Å². The van der Waals surface area contributed by atoms with Crippen molar-refractivity contribution in [3.63, 3.8) is 0 Å². The zero-order valence-corrected chi connectivity index (χ0v) is 12.4. The van der Waals surface area contributed by atoms with Gasteiger partial charge in [0.05, 0.1) is 0 Å². The van der Waals surface area contributed by atoms with E-state index in [2.05, 4.69) is 27.8 Å². The molecule has 0 fully saturated rings. The van der Waals surface area contributed by atoms with Crippen LogP contribution in [0, 0.1) is 12.7 Å². The molecule has 0 bridgehead atoms. The molecule has 3 nitrogen and oxygen atoms in total. The van der Waals surface area contributed by atoms with Gasteiger partial charge in [-0.3, -0.25) is 4.99 Å². The zero-order valence-electron chi connectivity index (χ0n) is 12.4. The minimum atomic E-state index is -0.176. The van der Waals surface area contributed by atoms with Crippen LogP contribution in [-0.4, -0.2) is 13.0 Å². The summed E-state index contributed by atoms with van der Waals surface area (Å²) in [5, 5.41) is 6.47. The highest BCUT2D eigenvalue weighted by Gasteiger charge is 2.01. The van der Waals surface area contributed by atoms with Crippen LogP contribution in [0.1, 0.15) is 16.7 Å². The van der Waals surface area contributed by atoms with Gasteiger partial charge in [-0.25, -0.2) is 4.39 Å². The van der Waals surface area contributed by atoms with Gasteiger partial charge in [-0.1, -0.05) is 42.5 Å². The van der Waals surface area contributed by atoms with Gasteiger partial charge in [-0.15, -0.1) is 0 Å². The lowest BCUT2D eigenvalue weighted by Crippen LogP contribution is -2.36. The van der Waals surface area contributed by atoms with Crippen molar-refractivity contribution >= 4 is 5.96 Å². The molecule has 2 rings (SSSR count). The second kappa shape index (κ2) is 7.43. The highest BCUT2D eigenvalue weighted by molar-refractivity contribution is 5.79. The Labute approximate surface area is 124 Å². The Balaban J connectivity index is 1.86. The van der Waals surface area contributed by atoms with Crippen LogP contribution < -0.4 is 10.6 Å². The largest absolute Gasteiger partial charge is 0.352 e. The number of nitrogens with one attached hydrogen (secondary N) is 2. The van der Waals surface area contributed by atoms with Gasteiger partial charge < -0.3 is 10.6 Å². The van der Waals surface area contributed by atoms with Gasteiger partial charge in [0.2, 0.25) is 0 Å². The first-order chi connectivity index (χ1) is 10.2. The number of guanidine groups is 1. The van der Waals surface area contributed by atoms with Crippen molar-refractivity contribution < 1.29 is 4.39 Å². The normalized spacial score (nSPS) is 11.3. The summed E-state index contributed by atoms with van der Waals surface area (Å²) in [5.41, 5.74) is 2.87. The second-order valence-corrected chi connectivity index (χ2v) is 4.85. The van der Waals surface area contributed by atoms with E-state index in [1.54, 1.807) is 20.0 Å². The van der Waals surface area contributed by atoms with Crippen molar-refractivity contribution in [2.24, 2.45) is 4.99 Å². The standard InChI is InChI=1S/C17H20FN3/c1-13-10-15(8-9-16(13)18)12-21-17(19-2)20-11-14-6-4-3-5-7-14/h3-10H,11-12H2,1-2H3,(H2,19,20,21). The third-order valence-electron chi connectivity index (χ3n) is 3.21. The minimum absolute atomic E-state index is 0.176. The van der Waals surface area contributed by atoms with Crippen LogP contribution in [0.15, 0.2) is 53.5 Å². The van der Waals surface area contributed by atoms with Crippen LogP contribution >= 0.6 is 0 Å². The molecule has 0 heterocycles. The summed E-state index contributed by atoms with van der Waals surface area (Å²) >= 11 is 0. The van der Waals surface area contributed by atoms with Crippen molar-refractivity contribution in [1.82, 2.24) is 10.6 Å². The number of benzene rings is 2. The maximum atomic E-state index is 13.2. The van der Waals surface area contributed by atoms with Crippen molar-refractivity contribution in [3.8, 4) is 0 Å². The minimum Gasteiger partial charge on any atom is -0.352 e. The van der Waals surface area contributed by atoms with Crippen molar-refractivity contribution in [1.29, 1.82) is 0 Å². The molecule has 0 aromatic heterocycles. The van der Waals surface area contributed by atoms with Crippen molar-refractivity contribution in [3.05, 3.63) is 71.0 Å². The fourth-order valence-corrected chi connectivity index (χ4v) is 2.00. The molecule has 0 spiro atoms. The summed E-state index contributed by atoms with van der Waals surface area (Å²) in [6.07, 6.45) is 0. The predicted octanol–water partition coefficient (Wildman–Crippen LogP) is 3.00. The topological polar surface area (TPSA) is 36.4 Å². The molecule has 0 unspecified atom stereocenters. The van der Waals surface area contributed by atoms with E-state index in [1.807, 2.05) is 24.3 Å². The van der Waals surface area contributed by atoms with E-state index in [-0.39, 0.29) is 5.82 Å². The van der Waals surface area contributed by atoms with Gasteiger partial charge in [0.25, 0.3) is 0 Å². The maximum Gasteiger partial charge on any atom is 0.191 e. The quantitative estimate of drug-likeness (QED) is 0.669. The van der Waals surface area contributed by atoms with Gasteiger partial charge in [0.15, 0.2) is 5.96 Å². The van der Waals surface area contributed by atoms with E-state index in [4.69, 9.17) is 0 Å². The lowest BCUT2D eigenvalue weighted by Gasteiger charge is -2.12. The Kier molecular flexibility index (Phi) is 5.32. The van der Waals surface area contributed by atoms with E-state index < -0.39 is 0 Å². The molecule has 110 valence electrons. The van der Waals surface area contributed by atoms with Crippen LogP contribution in [0.5, 0.6) is 0 Å². The van der Waals surface area contributed by atoms with Crippen LogP contribution in [-0.2, 0) is 13.1 Å². The summed E-state index contributed by atoms with van der Waals surface area (Å²) in [7, 11) is 1.73. The third-order valence-corrected chi connectivity index (χ3v) is 3.21. The highest BCUT2D eigenvalue weighted by atomic mass is 19.1. The highest BCUT2D eigenvalue weighted by Crippen LogP contribution is 2.08. The smallest absolute Gasteiger partial charge is 0.191 e. The van der Waals surface area contributed by atoms with Gasteiger partial charge in [0.1, 0.15) is 5.82 Å². The molecule has 0 amide bonds. The molecule has 0 atom stereocenters. The summed E-state index contributed by atoms with van der Waals surface area (Å²) in [6.45, 7) is 3.08. The first-order valence-electron chi connectivity index (χ1n) is 6.92. The number of rotatable bonds is 4. The number of halogens is 1. The number of hydrogen-bond donors (Lipinski definition) is 2. The fourth-order valence-electron chi connectivity index (χ4n) is 2.00. The molecular weight excluding hydrogens is 265 g/mol. The molecule has 2 aromatic rings. The lowest BCUT2D eigenvalue weighted by molar-refractivity contribution is 0.617. The van der Waals surface area contributed by atoms with E-state index >= 15 is 0 Å². The first-order valence-corrected chi connectivity index (χ1v) is 6.92. The predicted molar refractivity (Wildman–Crippen MR) is 84.6 cm³/mol. The average Bonchev–Trinajstić information content (AvgIpc) is 2.52. The van der Waals surface area contributed by atoms with Gasteiger partial charge in [-0.05, 0) is 29.7 Å². The summed E-state index contributed by atoms with van der Waals surface area (Å²) < 4.78 is 13.2. The second-order valence-electron chi connectivity index (χ2n) is 4.85. The summed E-state index contributed by atoms with van der Waals surface area (Å²) in [5.74, 6) is 0.547. The molecule has 0 aliphatic rings. The van der Waals surface area contributed by atoms with Crippen LogP contribution in [0.25, 0.3) is 0 Å². The molecule has 0 aliphatic heterocycles. The van der Waals surface area contributed by atoms with Gasteiger partial charge in [-0.2, -0.15) is 0 Å². The van der Waals surface area contributed by atoms with E-state index in [9.17, 15) is 4.39 Å². The van der Waals surface area contributed by atoms with Crippen LogP contribution in [0.4, 0.5) is 4.39 Å². The molecule has 0 radical (unpaired) electrons. The SMILES string of the molecule is CN=C(NCc1ccccc1)NCc1ccc(F)c(C)c1. The average molecular weight is 285 g/mol. The number of nitrogens with zero attached hydrogens (tertiary/aromatic N) is 1.